The Morgan fingerprint density at radius 2 is 1.86 bits per heavy atom. The minimum atomic E-state index is -0.496. The first-order valence-corrected chi connectivity index (χ1v) is 7.15. The number of thiocarbonyl (C=S) groups is 1. The molecule has 2 N–H and O–H groups in total. The molecule has 0 aliphatic rings. The molecule has 7 heteroatoms. The van der Waals surface area contributed by atoms with Gasteiger partial charge in [0, 0.05) is 11.8 Å². The summed E-state index contributed by atoms with van der Waals surface area (Å²) in [6, 6.07) is 10.9. The average molecular weight is 316 g/mol. The van der Waals surface area contributed by atoms with Gasteiger partial charge in [-0.15, -0.1) is 0 Å². The number of nitrogens with zero attached hydrogens (tertiary/aromatic N) is 2. The Morgan fingerprint density at radius 1 is 1.18 bits per heavy atom. The second kappa shape index (κ2) is 6.95. The molecule has 0 aliphatic carbocycles. The monoisotopic (exact) mass is 316 g/mol. The van der Waals surface area contributed by atoms with Crippen molar-refractivity contribution in [3.8, 4) is 0 Å². The standard InChI is InChI=1S/C15H16N4O2S/c1-10(2)11-3-5-12(6-4-11)17-15(22)18-14-8-7-13(9-16-14)19(20)21/h3-10H,1-2H3,(H2,16,17,18,22). The van der Waals surface area contributed by atoms with Crippen LogP contribution in [0.15, 0.2) is 42.6 Å². The van der Waals surface area contributed by atoms with E-state index in [-0.39, 0.29) is 5.69 Å². The summed E-state index contributed by atoms with van der Waals surface area (Å²) in [7, 11) is 0. The molecule has 0 bridgehead atoms. The molecule has 22 heavy (non-hydrogen) atoms. The SMILES string of the molecule is CC(C)c1ccc(NC(=S)Nc2ccc([N+](=O)[O-])cn2)cc1. The van der Waals surface area contributed by atoms with E-state index in [9.17, 15) is 10.1 Å². The topological polar surface area (TPSA) is 80.1 Å². The highest BCUT2D eigenvalue weighted by Gasteiger charge is 2.06. The van der Waals surface area contributed by atoms with Crippen LogP contribution in [0, 0.1) is 10.1 Å². The fourth-order valence-electron chi connectivity index (χ4n) is 1.80. The van der Waals surface area contributed by atoms with E-state index in [4.69, 9.17) is 12.2 Å². The predicted octanol–water partition coefficient (Wildman–Crippen LogP) is 3.92. The first kappa shape index (κ1) is 15.8. The summed E-state index contributed by atoms with van der Waals surface area (Å²) in [5.74, 6) is 0.922. The smallest absolute Gasteiger partial charge is 0.287 e. The van der Waals surface area contributed by atoms with E-state index < -0.39 is 4.92 Å². The van der Waals surface area contributed by atoms with E-state index >= 15 is 0 Å². The van der Waals surface area contributed by atoms with E-state index in [1.807, 2.05) is 24.3 Å². The van der Waals surface area contributed by atoms with Crippen molar-refractivity contribution < 1.29 is 4.92 Å². The van der Waals surface area contributed by atoms with Crippen LogP contribution in [0.4, 0.5) is 17.2 Å². The maximum Gasteiger partial charge on any atom is 0.287 e. The van der Waals surface area contributed by atoms with Gasteiger partial charge in [0.15, 0.2) is 5.11 Å². The number of hydrogen-bond donors (Lipinski definition) is 2. The van der Waals surface area contributed by atoms with Gasteiger partial charge >= 0.3 is 0 Å². The molecular weight excluding hydrogens is 300 g/mol. The van der Waals surface area contributed by atoms with Gasteiger partial charge in [0.1, 0.15) is 12.0 Å². The fraction of sp³-hybridized carbons (Fsp3) is 0.200. The maximum absolute atomic E-state index is 10.6. The van der Waals surface area contributed by atoms with Crippen molar-refractivity contribution in [3.63, 3.8) is 0 Å². The Balaban J connectivity index is 1.96. The van der Waals surface area contributed by atoms with Gasteiger partial charge in [-0.2, -0.15) is 0 Å². The second-order valence-electron chi connectivity index (χ2n) is 5.01. The zero-order valence-corrected chi connectivity index (χ0v) is 13.1. The maximum atomic E-state index is 10.6. The van der Waals surface area contributed by atoms with Gasteiger partial charge in [-0.3, -0.25) is 10.1 Å². The summed E-state index contributed by atoms with van der Waals surface area (Å²) in [6.07, 6.45) is 1.18. The number of anilines is 2. The van der Waals surface area contributed by atoms with Crippen molar-refractivity contribution in [2.24, 2.45) is 0 Å². The van der Waals surface area contributed by atoms with Crippen LogP contribution in [0.25, 0.3) is 0 Å². The van der Waals surface area contributed by atoms with Gasteiger partial charge in [0.05, 0.1) is 4.92 Å². The third kappa shape index (κ3) is 4.23. The first-order valence-electron chi connectivity index (χ1n) is 6.74. The quantitative estimate of drug-likeness (QED) is 0.505. The van der Waals surface area contributed by atoms with Crippen LogP contribution in [0.5, 0.6) is 0 Å². The zero-order valence-electron chi connectivity index (χ0n) is 12.2. The van der Waals surface area contributed by atoms with E-state index in [1.54, 1.807) is 0 Å². The van der Waals surface area contributed by atoms with Gasteiger partial charge < -0.3 is 10.6 Å². The summed E-state index contributed by atoms with van der Waals surface area (Å²) in [6.45, 7) is 4.27. The van der Waals surface area contributed by atoms with Crippen LogP contribution in [-0.2, 0) is 0 Å². The largest absolute Gasteiger partial charge is 0.332 e. The van der Waals surface area contributed by atoms with Crippen LogP contribution in [0.1, 0.15) is 25.3 Å². The summed E-state index contributed by atoms with van der Waals surface area (Å²) >= 11 is 5.19. The molecule has 2 rings (SSSR count). The van der Waals surface area contributed by atoms with Gasteiger partial charge in [0.2, 0.25) is 0 Å². The highest BCUT2D eigenvalue weighted by molar-refractivity contribution is 7.80. The number of benzene rings is 1. The highest BCUT2D eigenvalue weighted by Crippen LogP contribution is 2.17. The summed E-state index contributed by atoms with van der Waals surface area (Å²) in [4.78, 5) is 14.0. The van der Waals surface area contributed by atoms with Gasteiger partial charge in [-0.1, -0.05) is 26.0 Å². The number of rotatable bonds is 4. The van der Waals surface area contributed by atoms with Crippen LogP contribution < -0.4 is 10.6 Å². The van der Waals surface area contributed by atoms with Crippen LogP contribution in [0.3, 0.4) is 0 Å². The molecule has 0 radical (unpaired) electrons. The Labute approximate surface area is 133 Å². The van der Waals surface area contributed by atoms with Gasteiger partial charge in [0.25, 0.3) is 5.69 Å². The molecule has 0 saturated heterocycles. The highest BCUT2D eigenvalue weighted by atomic mass is 32.1. The van der Waals surface area contributed by atoms with Crippen molar-refractivity contribution in [2.45, 2.75) is 19.8 Å². The molecule has 0 spiro atoms. The second-order valence-corrected chi connectivity index (χ2v) is 5.42. The molecule has 114 valence electrons. The predicted molar refractivity (Wildman–Crippen MR) is 91.3 cm³/mol. The normalized spacial score (nSPS) is 10.3. The molecule has 0 atom stereocenters. The van der Waals surface area contributed by atoms with Crippen LogP contribution in [0.2, 0.25) is 0 Å². The number of pyridine rings is 1. The molecule has 2 aromatic rings. The Morgan fingerprint density at radius 3 is 2.36 bits per heavy atom. The molecular formula is C15H16N4O2S. The lowest BCUT2D eigenvalue weighted by atomic mass is 10.0. The minimum absolute atomic E-state index is 0.0614. The van der Waals surface area contributed by atoms with Crippen LogP contribution >= 0.6 is 12.2 Å². The number of hydrogen-bond acceptors (Lipinski definition) is 4. The minimum Gasteiger partial charge on any atom is -0.332 e. The Kier molecular flexibility index (Phi) is 5.00. The third-order valence-electron chi connectivity index (χ3n) is 3.04. The van der Waals surface area contributed by atoms with Crippen molar-refractivity contribution in [1.29, 1.82) is 0 Å². The molecule has 1 heterocycles. The number of nitro groups is 1. The van der Waals surface area contributed by atoms with E-state index in [0.717, 1.165) is 5.69 Å². The Hall–Kier alpha value is -2.54. The molecule has 0 saturated carbocycles. The zero-order chi connectivity index (χ0) is 16.1. The van der Waals surface area contributed by atoms with E-state index in [1.165, 1.54) is 23.9 Å². The third-order valence-corrected chi connectivity index (χ3v) is 3.24. The summed E-state index contributed by atoms with van der Waals surface area (Å²) in [5, 5.41) is 16.9. The van der Waals surface area contributed by atoms with Crippen LogP contribution in [-0.4, -0.2) is 15.0 Å². The molecule has 6 nitrogen and oxygen atoms in total. The van der Waals surface area contributed by atoms with Crippen molar-refractivity contribution in [1.82, 2.24) is 4.98 Å². The molecule has 1 aromatic carbocycles. The van der Waals surface area contributed by atoms with Gasteiger partial charge in [-0.25, -0.2) is 4.98 Å². The van der Waals surface area contributed by atoms with Crippen molar-refractivity contribution in [2.75, 3.05) is 10.6 Å². The lowest BCUT2D eigenvalue weighted by molar-refractivity contribution is -0.385. The van der Waals surface area contributed by atoms with E-state index in [2.05, 4.69) is 29.5 Å². The lowest BCUT2D eigenvalue weighted by Gasteiger charge is -2.11. The number of aromatic nitrogens is 1. The van der Waals surface area contributed by atoms with Gasteiger partial charge in [-0.05, 0) is 41.9 Å². The molecule has 0 aliphatic heterocycles. The molecule has 0 amide bonds. The van der Waals surface area contributed by atoms with Crippen molar-refractivity contribution >= 4 is 34.5 Å². The van der Waals surface area contributed by atoms with E-state index in [0.29, 0.717) is 16.8 Å². The summed E-state index contributed by atoms with van der Waals surface area (Å²) in [5.41, 5.74) is 2.05. The molecule has 0 fully saturated rings. The average Bonchev–Trinajstić information content (AvgIpc) is 2.48. The summed E-state index contributed by atoms with van der Waals surface area (Å²) < 4.78 is 0. The molecule has 1 aromatic heterocycles. The molecule has 0 unspecified atom stereocenters. The number of nitrogens with one attached hydrogen (secondary N) is 2. The fourth-order valence-corrected chi connectivity index (χ4v) is 2.02. The Bertz CT molecular complexity index is 669. The van der Waals surface area contributed by atoms with Crippen molar-refractivity contribution in [3.05, 3.63) is 58.3 Å². The first-order chi connectivity index (χ1) is 10.5. The lowest BCUT2D eigenvalue weighted by Crippen LogP contribution is -2.19.